The maximum atomic E-state index is 14.1. The molecule has 15 aliphatic rings. The molecule has 6 heterocycles. The van der Waals surface area contributed by atoms with Crippen molar-refractivity contribution in [3.63, 3.8) is 0 Å². The van der Waals surface area contributed by atoms with Crippen LogP contribution in [0.3, 0.4) is 0 Å². The first-order valence-electron chi connectivity index (χ1n) is 41.3. The lowest BCUT2D eigenvalue weighted by molar-refractivity contribution is -0.188. The second-order valence-corrected chi connectivity index (χ2v) is 43.3. The minimum Gasteiger partial charge on any atom is -0.497 e. The largest absolute Gasteiger partial charge is 0.497 e. The van der Waals surface area contributed by atoms with E-state index in [9.17, 15) is 44.1 Å². The number of nitrogens with zero attached hydrogens (tertiary/aromatic N) is 7. The van der Waals surface area contributed by atoms with Gasteiger partial charge in [-0.05, 0) is 264 Å². The Bertz CT molecular complexity index is 4290. The van der Waals surface area contributed by atoms with Crippen LogP contribution in [0.4, 0.5) is 14.4 Å². The average molecular weight is 1490 g/mol. The number of carbonyl (C=O) groups excluding carboxylic acids is 6. The Balaban J connectivity index is 0.000000119. The fourth-order valence-corrected chi connectivity index (χ4v) is 24.6. The number of methoxy groups -OCH3 is 1. The highest BCUT2D eigenvalue weighted by atomic mass is 28.3. The van der Waals surface area contributed by atoms with E-state index in [0.29, 0.717) is 77.5 Å². The first-order valence-corrected chi connectivity index (χ1v) is 45.1. The molecule has 0 radical (unpaired) electrons. The van der Waals surface area contributed by atoms with E-state index in [1.54, 1.807) is 7.11 Å². The maximum absolute atomic E-state index is 14.1. The third kappa shape index (κ3) is 11.7. The Kier molecular flexibility index (Phi) is 18.2. The predicted molar refractivity (Wildman–Crippen MR) is 414 cm³/mol. The van der Waals surface area contributed by atoms with Crippen molar-refractivity contribution in [3.05, 3.63) is 134 Å². The Hall–Kier alpha value is -6.56. The van der Waals surface area contributed by atoms with Crippen molar-refractivity contribution in [2.75, 3.05) is 72.8 Å². The van der Waals surface area contributed by atoms with Crippen molar-refractivity contribution in [3.8, 4) is 5.75 Å². The highest BCUT2D eigenvalue weighted by Gasteiger charge is 2.75. The Morgan fingerprint density at radius 3 is 1.31 bits per heavy atom. The SMILES string of the molecule is CCN1C(=O)N(CC)[C@]2(CC[C@@]3(O)[C@H]4Cc5ccc(C)cc5[C@@]3(CCN4CC3CC3)C2)C1=O.COc1ccc(CN2C(=O)N[C@]3(CC[C@@]4(O)[C@H]5Cc6ccc(C)cc6[C@@]4(CCN5CC4CC4)C3)C2=O)cc1.Cc1ccc2c(c1)[C@]13CCN(CC4CC4)[C@H](C2)[C@]1(O)CC[C@@]1(C3)NC(=O)N(COCC[Si](C)(C)C)C1=O. The molecule has 4 aromatic carbocycles. The number of rotatable bonds is 16. The van der Waals surface area contributed by atoms with Gasteiger partial charge in [0.15, 0.2) is 0 Å². The number of aliphatic hydroxyl groups is 3. The molecule has 9 aliphatic carbocycles. The van der Waals surface area contributed by atoms with Gasteiger partial charge in [-0.15, -0.1) is 0 Å². The molecule has 6 bridgehead atoms. The van der Waals surface area contributed by atoms with Crippen LogP contribution in [0.1, 0.15) is 185 Å². The van der Waals surface area contributed by atoms with Crippen molar-refractivity contribution in [2.24, 2.45) is 17.8 Å². The number of hydrogen-bond donors (Lipinski definition) is 5. The molecule has 19 rings (SSSR count). The molecule has 20 nitrogen and oxygen atoms in total. The van der Waals surface area contributed by atoms with Gasteiger partial charge >= 0.3 is 18.1 Å². The van der Waals surface area contributed by atoms with Gasteiger partial charge in [-0.1, -0.05) is 103 Å². The van der Waals surface area contributed by atoms with Gasteiger partial charge in [0, 0.05) is 81.8 Å². The van der Waals surface area contributed by atoms with Crippen molar-refractivity contribution < 1.29 is 53.6 Å². The number of ether oxygens (including phenoxy) is 2. The zero-order valence-electron chi connectivity index (χ0n) is 65.5. The number of fused-ring (bicyclic) bond motifs is 3. The lowest BCUT2D eigenvalue weighted by Crippen LogP contribution is -2.76. The molecule has 0 aromatic heterocycles. The Morgan fingerprint density at radius 1 is 0.491 bits per heavy atom. The first kappa shape index (κ1) is 74.2. The highest BCUT2D eigenvalue weighted by Crippen LogP contribution is 2.66. The van der Waals surface area contributed by atoms with Crippen LogP contribution in [-0.2, 0) is 61.2 Å². The molecular weight excluding hydrogens is 1380 g/mol. The van der Waals surface area contributed by atoms with E-state index in [1.165, 1.54) is 103 Å². The minimum absolute atomic E-state index is 0.00164. The van der Waals surface area contributed by atoms with Crippen LogP contribution in [0.15, 0.2) is 78.9 Å². The fourth-order valence-electron chi connectivity index (χ4n) is 23.9. The minimum atomic E-state index is -1.26. The molecule has 580 valence electrons. The van der Waals surface area contributed by atoms with E-state index >= 15 is 0 Å². The van der Waals surface area contributed by atoms with E-state index in [2.05, 4.69) is 120 Å². The van der Waals surface area contributed by atoms with Gasteiger partial charge in [-0.2, -0.15) is 0 Å². The molecule has 12 fully saturated rings. The van der Waals surface area contributed by atoms with Crippen LogP contribution >= 0.6 is 0 Å². The summed E-state index contributed by atoms with van der Waals surface area (Å²) in [5.41, 5.74) is 4.84. The van der Waals surface area contributed by atoms with E-state index in [4.69, 9.17) is 9.47 Å². The summed E-state index contributed by atoms with van der Waals surface area (Å²) >= 11 is 0. The summed E-state index contributed by atoms with van der Waals surface area (Å²) in [4.78, 5) is 94.9. The molecule has 108 heavy (non-hydrogen) atoms. The molecular formula is C87H117N9O11Si. The fraction of sp³-hybridized carbons (Fsp3) is 0.655. The summed E-state index contributed by atoms with van der Waals surface area (Å²) in [5, 5.41) is 44.1. The van der Waals surface area contributed by atoms with Gasteiger partial charge in [0.2, 0.25) is 0 Å². The third-order valence-corrected chi connectivity index (χ3v) is 31.8. The molecule has 6 saturated heterocycles. The van der Waals surface area contributed by atoms with Crippen molar-refractivity contribution in [1.82, 2.24) is 44.9 Å². The van der Waals surface area contributed by atoms with E-state index in [-0.39, 0.29) is 67.2 Å². The zero-order chi connectivity index (χ0) is 75.7. The van der Waals surface area contributed by atoms with Crippen LogP contribution < -0.4 is 15.4 Å². The molecule has 0 unspecified atom stereocenters. The summed E-state index contributed by atoms with van der Waals surface area (Å²) in [6, 6.07) is 27.8. The number of benzene rings is 4. The number of hydrogen-bond acceptors (Lipinski definition) is 14. The van der Waals surface area contributed by atoms with Crippen LogP contribution in [0.25, 0.3) is 0 Å². The van der Waals surface area contributed by atoms with Gasteiger partial charge in [0.05, 0.1) is 30.5 Å². The Morgan fingerprint density at radius 2 is 0.907 bits per heavy atom. The number of likely N-dealkylation sites (N-methyl/N-ethyl adjacent to an activating group) is 2. The molecule has 6 saturated carbocycles. The van der Waals surface area contributed by atoms with Crippen LogP contribution in [0.2, 0.25) is 25.7 Å². The lowest BCUT2D eigenvalue weighted by atomic mass is 9.46. The molecule has 4 aromatic rings. The van der Waals surface area contributed by atoms with E-state index in [0.717, 1.165) is 113 Å². The molecule has 5 N–H and O–H groups in total. The quantitative estimate of drug-likeness (QED) is 0.0400. The number of likely N-dealkylation sites (tertiary alicyclic amines) is 3. The monoisotopic (exact) mass is 1490 g/mol. The normalized spacial score (nSPS) is 35.8. The van der Waals surface area contributed by atoms with Crippen LogP contribution in [-0.4, -0.2) is 218 Å². The predicted octanol–water partition coefficient (Wildman–Crippen LogP) is 10.7. The summed E-state index contributed by atoms with van der Waals surface area (Å²) < 4.78 is 11.1. The van der Waals surface area contributed by atoms with Crippen molar-refractivity contribution in [2.45, 2.75) is 269 Å². The summed E-state index contributed by atoms with van der Waals surface area (Å²) in [5.74, 6) is 2.63. The number of piperidine rings is 3. The smallest absolute Gasteiger partial charge is 0.327 e. The second-order valence-electron chi connectivity index (χ2n) is 37.7. The number of urea groups is 3. The topological polar surface area (TPSA) is 228 Å². The summed E-state index contributed by atoms with van der Waals surface area (Å²) in [6.07, 6.45) is 17.3. The van der Waals surface area contributed by atoms with Crippen LogP contribution in [0.5, 0.6) is 5.75 Å². The molecule has 21 heteroatoms. The van der Waals surface area contributed by atoms with Crippen molar-refractivity contribution in [1.29, 1.82) is 0 Å². The maximum Gasteiger partial charge on any atom is 0.327 e. The zero-order valence-corrected chi connectivity index (χ0v) is 66.5. The van der Waals surface area contributed by atoms with Crippen LogP contribution in [0, 0.1) is 38.5 Å². The van der Waals surface area contributed by atoms with Gasteiger partial charge in [-0.3, -0.25) is 38.9 Å². The number of aryl methyl sites for hydroxylation is 3. The summed E-state index contributed by atoms with van der Waals surface area (Å²) in [6.45, 7) is 24.8. The second kappa shape index (κ2) is 26.5. The van der Waals surface area contributed by atoms with E-state index in [1.807, 2.05) is 43.0 Å². The lowest BCUT2D eigenvalue weighted by Gasteiger charge is -2.66. The molecule has 12 atom stereocenters. The number of carbonyl (C=O) groups is 6. The van der Waals surface area contributed by atoms with Gasteiger partial charge < -0.3 is 40.3 Å². The molecule has 3 spiro atoms. The average Bonchev–Trinajstić information content (AvgIpc) is 1.10. The first-order chi connectivity index (χ1) is 51.5. The van der Waals surface area contributed by atoms with Gasteiger partial charge in [0.25, 0.3) is 17.7 Å². The number of imide groups is 3. The van der Waals surface area contributed by atoms with Gasteiger partial charge in [-0.25, -0.2) is 19.3 Å². The highest BCUT2D eigenvalue weighted by molar-refractivity contribution is 6.76. The van der Waals surface area contributed by atoms with Crippen molar-refractivity contribution >= 4 is 43.9 Å². The number of nitrogens with one attached hydrogen (secondary N) is 2. The van der Waals surface area contributed by atoms with E-state index < -0.39 is 57.7 Å². The number of amides is 9. The molecule has 6 aliphatic heterocycles. The Labute approximate surface area is 639 Å². The third-order valence-electron chi connectivity index (χ3n) is 30.1. The summed E-state index contributed by atoms with van der Waals surface area (Å²) in [7, 11) is 0.356. The molecule has 9 amide bonds. The van der Waals surface area contributed by atoms with Gasteiger partial charge in [0.1, 0.15) is 29.1 Å². The standard InChI is InChI=1S/C31H37N3O4.C29H43N3O4Si.C27H37N3O3/c1-20-3-8-23-16-26-31(37)12-11-30(19-29(31,25(23)15-20)13-14-33(26)17-21-4-5-21)27(35)34(28(36)32-30)18-22-6-9-24(38-2)10-7-22;1-20-5-8-22-16-24-29(35)10-9-28(25(33)32(26(34)30-28)19-36-13-14-37(2,3)4)18-27(29,23(22)15-20)11-12-31(24)17-21-6-7-21;1-4-29-23(31)26(30(5-2)24(29)32)10-11-27(33)22-15-20-9-6-18(3)14-21(20)25(27,17-26)12-13-28(22)16-19-7-8-19/h3,6-10,15,21,26,37H,4-5,11-14,16-19H2,1-2H3,(H,32,36);5,8,15,21,24,35H,6-7,9-14,16-19H2,1-4H3,(H,30,34);6,9,14,19,22,33H,4-5,7-8,10-13,15-17H2,1-3H3/t26-,29-,30+,31-;24-,27-,28+,29-;22-,25-,26+,27-/m111/s1.